The quantitative estimate of drug-likeness (QED) is 0.278. The fourth-order valence-corrected chi connectivity index (χ4v) is 4.23. The van der Waals surface area contributed by atoms with E-state index in [0.29, 0.717) is 39.4 Å². The minimum absolute atomic E-state index is 0.160. The molecule has 170 valence electrons. The Balaban J connectivity index is 1.76. The van der Waals surface area contributed by atoms with Crippen molar-refractivity contribution in [2.24, 2.45) is 5.10 Å². The van der Waals surface area contributed by atoms with Crippen LogP contribution in [0.5, 0.6) is 11.5 Å². The van der Waals surface area contributed by atoms with E-state index in [4.69, 9.17) is 9.47 Å². The van der Waals surface area contributed by atoms with Crippen LogP contribution in [0.3, 0.4) is 0 Å². The molecule has 0 aliphatic rings. The Labute approximate surface area is 212 Å². The highest BCUT2D eigenvalue weighted by Gasteiger charge is 2.14. The van der Waals surface area contributed by atoms with E-state index in [-0.39, 0.29) is 12.2 Å². The summed E-state index contributed by atoms with van der Waals surface area (Å²) >= 11 is 6.87. The molecular weight excluding hydrogens is 564 g/mol. The number of nitrogens with zero attached hydrogens (tertiary/aromatic N) is 4. The topological polar surface area (TPSA) is 89.5 Å². The zero-order chi connectivity index (χ0) is 24.2. The molecule has 0 atom stereocenters. The van der Waals surface area contributed by atoms with Gasteiger partial charge in [-0.3, -0.25) is 4.79 Å². The molecule has 0 amide bonds. The normalized spacial score (nSPS) is 11.0. The Hall–Kier alpha value is -3.48. The largest absolute Gasteiger partial charge is 0.493 e. The van der Waals surface area contributed by atoms with Crippen molar-refractivity contribution < 1.29 is 9.47 Å². The summed E-state index contributed by atoms with van der Waals surface area (Å²) < 4.78 is 14.4. The summed E-state index contributed by atoms with van der Waals surface area (Å²) in [6.45, 7) is 1.88. The number of benzene rings is 3. The fraction of sp³-hybridized carbons (Fsp3) is 0.120. The first-order chi connectivity index (χ1) is 16.4. The fourth-order valence-electron chi connectivity index (χ4n) is 3.41. The molecule has 1 heterocycles. The molecule has 4 rings (SSSR count). The third kappa shape index (κ3) is 4.88. The number of hydrogen-bond acceptors (Lipinski definition) is 6. The predicted octanol–water partition coefficient (Wildman–Crippen LogP) is 5.57. The maximum Gasteiger partial charge on any atom is 0.282 e. The van der Waals surface area contributed by atoms with Gasteiger partial charge < -0.3 is 9.47 Å². The molecule has 0 aliphatic carbocycles. The Morgan fingerprint density at radius 2 is 1.94 bits per heavy atom. The minimum atomic E-state index is -0.285. The maximum atomic E-state index is 13.1. The molecule has 0 saturated heterocycles. The van der Waals surface area contributed by atoms with Gasteiger partial charge in [0.2, 0.25) is 0 Å². The Morgan fingerprint density at radius 1 is 1.15 bits per heavy atom. The van der Waals surface area contributed by atoms with E-state index >= 15 is 0 Å². The van der Waals surface area contributed by atoms with Gasteiger partial charge in [-0.05, 0) is 43.3 Å². The molecule has 0 unspecified atom stereocenters. The number of aromatic nitrogens is 2. The van der Waals surface area contributed by atoms with Crippen LogP contribution in [-0.2, 0) is 6.61 Å². The third-order valence-corrected chi connectivity index (χ3v) is 6.01. The van der Waals surface area contributed by atoms with Crippen LogP contribution >= 0.6 is 31.9 Å². The van der Waals surface area contributed by atoms with E-state index in [1.807, 2.05) is 24.3 Å². The molecule has 7 nitrogen and oxygen atoms in total. The van der Waals surface area contributed by atoms with E-state index in [2.05, 4.69) is 48.0 Å². The first-order valence-electron chi connectivity index (χ1n) is 10.1. The lowest BCUT2D eigenvalue weighted by Crippen LogP contribution is -2.20. The van der Waals surface area contributed by atoms with Crippen LogP contribution in [0.1, 0.15) is 22.5 Å². The van der Waals surface area contributed by atoms with Crippen molar-refractivity contribution in [3.63, 3.8) is 0 Å². The van der Waals surface area contributed by atoms with E-state index < -0.39 is 0 Å². The second kappa shape index (κ2) is 10.2. The summed E-state index contributed by atoms with van der Waals surface area (Å²) in [5, 5.41) is 14.2. The zero-order valence-corrected chi connectivity index (χ0v) is 21.4. The van der Waals surface area contributed by atoms with Crippen LogP contribution in [0.2, 0.25) is 0 Å². The molecule has 0 spiro atoms. The lowest BCUT2D eigenvalue weighted by Gasteiger charge is -2.15. The van der Waals surface area contributed by atoms with Crippen LogP contribution in [-0.4, -0.2) is 23.0 Å². The number of ether oxygens (including phenoxy) is 2. The number of aryl methyl sites for hydroxylation is 1. The molecule has 9 heteroatoms. The van der Waals surface area contributed by atoms with Crippen LogP contribution in [0.25, 0.3) is 10.9 Å². The third-order valence-electron chi connectivity index (χ3n) is 5.06. The molecule has 0 fully saturated rings. The summed E-state index contributed by atoms with van der Waals surface area (Å²) in [5.41, 5.74) is 2.17. The van der Waals surface area contributed by atoms with Crippen molar-refractivity contribution in [1.82, 2.24) is 9.66 Å². The van der Waals surface area contributed by atoms with Gasteiger partial charge in [0.05, 0.1) is 35.9 Å². The number of rotatable bonds is 6. The smallest absolute Gasteiger partial charge is 0.282 e. The van der Waals surface area contributed by atoms with E-state index in [9.17, 15) is 10.1 Å². The van der Waals surface area contributed by atoms with Crippen LogP contribution in [0.15, 0.2) is 73.4 Å². The molecule has 0 saturated carbocycles. The van der Waals surface area contributed by atoms with E-state index in [1.54, 1.807) is 44.4 Å². The van der Waals surface area contributed by atoms with Gasteiger partial charge in [-0.1, -0.05) is 50.1 Å². The van der Waals surface area contributed by atoms with E-state index in [0.717, 1.165) is 14.5 Å². The lowest BCUT2D eigenvalue weighted by atomic mass is 10.1. The van der Waals surface area contributed by atoms with Crippen molar-refractivity contribution in [2.45, 2.75) is 13.5 Å². The maximum absolute atomic E-state index is 13.1. The van der Waals surface area contributed by atoms with Crippen LogP contribution in [0, 0.1) is 18.3 Å². The minimum Gasteiger partial charge on any atom is -0.493 e. The highest BCUT2D eigenvalue weighted by Crippen LogP contribution is 2.35. The molecule has 0 bridgehead atoms. The van der Waals surface area contributed by atoms with Gasteiger partial charge in [0, 0.05) is 20.1 Å². The summed E-state index contributed by atoms with van der Waals surface area (Å²) in [5.74, 6) is 1.36. The lowest BCUT2D eigenvalue weighted by molar-refractivity contribution is 0.283. The summed E-state index contributed by atoms with van der Waals surface area (Å²) in [6.07, 6.45) is 1.53. The van der Waals surface area contributed by atoms with Gasteiger partial charge in [-0.2, -0.15) is 15.0 Å². The van der Waals surface area contributed by atoms with Crippen molar-refractivity contribution in [2.75, 3.05) is 7.11 Å². The van der Waals surface area contributed by atoms with Crippen molar-refractivity contribution >= 4 is 49.0 Å². The summed E-state index contributed by atoms with van der Waals surface area (Å²) in [7, 11) is 1.54. The Kier molecular flexibility index (Phi) is 7.10. The molecule has 4 aromatic rings. The summed E-state index contributed by atoms with van der Waals surface area (Å²) in [4.78, 5) is 17.6. The van der Waals surface area contributed by atoms with Gasteiger partial charge in [0.15, 0.2) is 11.5 Å². The monoisotopic (exact) mass is 580 g/mol. The number of halogens is 2. The number of hydrogen-bond donors (Lipinski definition) is 0. The molecular formula is C25H18Br2N4O3. The average molecular weight is 582 g/mol. The zero-order valence-electron chi connectivity index (χ0n) is 18.3. The second-order valence-electron chi connectivity index (χ2n) is 7.27. The Morgan fingerprint density at radius 3 is 2.71 bits per heavy atom. The second-order valence-corrected chi connectivity index (χ2v) is 9.10. The first-order valence-corrected chi connectivity index (χ1v) is 11.7. The number of nitriles is 1. The molecule has 3 aromatic carbocycles. The average Bonchev–Trinajstić information content (AvgIpc) is 2.83. The number of fused-ring (bicyclic) bond motifs is 1. The van der Waals surface area contributed by atoms with Crippen LogP contribution in [0.4, 0.5) is 0 Å². The molecule has 0 aliphatic heterocycles. The van der Waals surface area contributed by atoms with Crippen molar-refractivity contribution in [3.05, 3.63) is 96.4 Å². The highest BCUT2D eigenvalue weighted by atomic mass is 79.9. The predicted molar refractivity (Wildman–Crippen MR) is 138 cm³/mol. The molecule has 34 heavy (non-hydrogen) atoms. The van der Waals surface area contributed by atoms with Crippen LogP contribution < -0.4 is 15.0 Å². The van der Waals surface area contributed by atoms with Gasteiger partial charge in [0.1, 0.15) is 12.4 Å². The van der Waals surface area contributed by atoms with Gasteiger partial charge in [-0.15, -0.1) is 0 Å². The summed E-state index contributed by atoms with van der Waals surface area (Å²) in [6, 6.07) is 18.3. The van der Waals surface area contributed by atoms with Crippen molar-refractivity contribution in [1.29, 1.82) is 5.26 Å². The number of methoxy groups -OCH3 is 1. The Bertz CT molecular complexity index is 1520. The van der Waals surface area contributed by atoms with Gasteiger partial charge in [-0.25, -0.2) is 4.98 Å². The van der Waals surface area contributed by atoms with Crippen molar-refractivity contribution in [3.8, 4) is 17.6 Å². The first kappa shape index (κ1) is 23.7. The molecule has 0 radical (unpaired) electrons. The molecule has 0 N–H and O–H groups in total. The molecule has 1 aromatic heterocycles. The van der Waals surface area contributed by atoms with E-state index in [1.165, 1.54) is 10.9 Å². The standard InChI is InChI=1S/C25H18Br2N4O3/c1-15-30-22-8-7-19(26)10-21(22)25(32)31(15)29-13-18-9-20(27)11-23(33-2)24(18)34-14-17-6-4-3-5-16(17)12-28/h3-11,13H,14H2,1-2H3. The van der Waals surface area contributed by atoms with Gasteiger partial charge >= 0.3 is 0 Å². The highest BCUT2D eigenvalue weighted by molar-refractivity contribution is 9.10. The SMILES string of the molecule is COc1cc(Br)cc(C=Nn2c(C)nc3ccc(Br)cc3c2=O)c1OCc1ccccc1C#N. The van der Waals surface area contributed by atoms with Gasteiger partial charge in [0.25, 0.3) is 5.56 Å².